The van der Waals surface area contributed by atoms with Gasteiger partial charge in [-0.3, -0.25) is 4.79 Å². The molecule has 4 aliphatic carbocycles. The van der Waals surface area contributed by atoms with Crippen molar-refractivity contribution < 1.29 is 27.1 Å². The highest BCUT2D eigenvalue weighted by Crippen LogP contribution is 2.68. The SMILES string of the molecule is C[C@H](CCC(=O)OC(F)C(F)(F)F)[C@H]1CC[C@H]2[C@@H]3CCC4CCCC[C@]4(C)[C@H]3CC[C@]12C. The number of carbonyl (C=O) groups excluding carboxylic acids is 1. The Kier molecular flexibility index (Phi) is 6.66. The van der Waals surface area contributed by atoms with Crippen LogP contribution in [0.4, 0.5) is 17.6 Å². The second kappa shape index (κ2) is 8.76. The summed E-state index contributed by atoms with van der Waals surface area (Å²) in [6.07, 6.45) is 4.82. The first-order valence-electron chi connectivity index (χ1n) is 12.9. The molecule has 0 aromatic rings. The molecule has 0 amide bonds. The number of fused-ring (bicyclic) bond motifs is 5. The first-order valence-corrected chi connectivity index (χ1v) is 12.9. The van der Waals surface area contributed by atoms with Crippen molar-refractivity contribution in [3.63, 3.8) is 0 Å². The van der Waals surface area contributed by atoms with E-state index in [1.807, 2.05) is 0 Å². The number of alkyl halides is 4. The van der Waals surface area contributed by atoms with E-state index in [1.165, 1.54) is 57.8 Å². The van der Waals surface area contributed by atoms with Gasteiger partial charge in [0.15, 0.2) is 0 Å². The van der Waals surface area contributed by atoms with E-state index in [2.05, 4.69) is 25.5 Å². The summed E-state index contributed by atoms with van der Waals surface area (Å²) in [6, 6.07) is 0. The maximum atomic E-state index is 13.0. The summed E-state index contributed by atoms with van der Waals surface area (Å²) in [7, 11) is 0. The summed E-state index contributed by atoms with van der Waals surface area (Å²) in [5, 5.41) is 0. The third-order valence-electron chi connectivity index (χ3n) is 10.6. The number of rotatable bonds is 5. The highest BCUT2D eigenvalue weighted by Gasteiger charge is 2.60. The van der Waals surface area contributed by atoms with Crippen LogP contribution in [-0.4, -0.2) is 18.5 Å². The van der Waals surface area contributed by atoms with Gasteiger partial charge in [0.05, 0.1) is 0 Å². The molecule has 0 aromatic carbocycles. The van der Waals surface area contributed by atoms with Crippen molar-refractivity contribution in [2.24, 2.45) is 46.3 Å². The monoisotopic (exact) mass is 460 g/mol. The van der Waals surface area contributed by atoms with Crippen LogP contribution >= 0.6 is 0 Å². The molecule has 4 fully saturated rings. The normalized spacial score (nSPS) is 43.5. The molecule has 4 saturated carbocycles. The van der Waals surface area contributed by atoms with Crippen LogP contribution in [0.1, 0.15) is 97.8 Å². The Morgan fingerprint density at radius 2 is 1.69 bits per heavy atom. The van der Waals surface area contributed by atoms with Gasteiger partial charge in [0.2, 0.25) is 0 Å². The summed E-state index contributed by atoms with van der Waals surface area (Å²) in [6.45, 7) is 7.14. The summed E-state index contributed by atoms with van der Waals surface area (Å²) < 4.78 is 53.9. The maximum Gasteiger partial charge on any atom is 0.457 e. The van der Waals surface area contributed by atoms with Crippen molar-refractivity contribution in [2.75, 3.05) is 0 Å². The average Bonchev–Trinajstić information content (AvgIpc) is 3.08. The Labute approximate surface area is 190 Å². The fourth-order valence-electron chi connectivity index (χ4n) is 9.06. The van der Waals surface area contributed by atoms with E-state index in [-0.39, 0.29) is 17.8 Å². The van der Waals surface area contributed by atoms with Crippen LogP contribution in [0.15, 0.2) is 0 Å². The summed E-state index contributed by atoms with van der Waals surface area (Å²) >= 11 is 0. The van der Waals surface area contributed by atoms with E-state index in [1.54, 1.807) is 0 Å². The fraction of sp³-hybridized carbons (Fsp3) is 0.962. The molecule has 4 rings (SSSR count). The number of hydrogen-bond acceptors (Lipinski definition) is 2. The molecule has 9 atom stereocenters. The zero-order valence-corrected chi connectivity index (χ0v) is 19.9. The minimum atomic E-state index is -5.15. The molecule has 0 saturated heterocycles. The highest BCUT2D eigenvalue weighted by molar-refractivity contribution is 5.69. The lowest BCUT2D eigenvalue weighted by molar-refractivity contribution is -0.258. The number of esters is 1. The number of hydrogen-bond donors (Lipinski definition) is 0. The van der Waals surface area contributed by atoms with Crippen LogP contribution in [0.3, 0.4) is 0 Å². The number of ether oxygens (including phenoxy) is 1. The molecular weight excluding hydrogens is 420 g/mol. The minimum absolute atomic E-state index is 0.152. The third kappa shape index (κ3) is 4.21. The van der Waals surface area contributed by atoms with Crippen LogP contribution < -0.4 is 0 Å². The Morgan fingerprint density at radius 3 is 2.41 bits per heavy atom. The lowest BCUT2D eigenvalue weighted by atomic mass is 9.44. The Hall–Kier alpha value is -0.810. The molecule has 0 N–H and O–H groups in total. The minimum Gasteiger partial charge on any atom is -0.421 e. The fourth-order valence-corrected chi connectivity index (χ4v) is 9.06. The van der Waals surface area contributed by atoms with Crippen molar-refractivity contribution in [3.05, 3.63) is 0 Å². The van der Waals surface area contributed by atoms with E-state index in [4.69, 9.17) is 0 Å². The van der Waals surface area contributed by atoms with Gasteiger partial charge in [0, 0.05) is 6.42 Å². The van der Waals surface area contributed by atoms with E-state index in [0.29, 0.717) is 17.8 Å². The maximum absolute atomic E-state index is 13.0. The van der Waals surface area contributed by atoms with Crippen molar-refractivity contribution >= 4 is 5.97 Å². The molecule has 0 heterocycles. The molecule has 32 heavy (non-hydrogen) atoms. The van der Waals surface area contributed by atoms with E-state index < -0.39 is 18.5 Å². The molecule has 0 radical (unpaired) electrons. The number of carbonyl (C=O) groups is 1. The van der Waals surface area contributed by atoms with Gasteiger partial charge in [-0.2, -0.15) is 17.6 Å². The predicted molar refractivity (Wildman–Crippen MR) is 115 cm³/mol. The quantitative estimate of drug-likeness (QED) is 0.308. The van der Waals surface area contributed by atoms with Gasteiger partial charge >= 0.3 is 18.5 Å². The number of halogens is 4. The van der Waals surface area contributed by atoms with Gasteiger partial charge in [-0.05, 0) is 104 Å². The highest BCUT2D eigenvalue weighted by atomic mass is 19.4. The standard InChI is InChI=1S/C26H40F4O2/c1-16(7-12-22(31)32-23(27)26(28,29)30)19-10-11-20-18-9-8-17-6-4-5-14-24(17,2)21(18)13-15-25(19,20)3/h16-21,23H,4-15H2,1-3H3/t16-,17?,18+,19-,20+,21+,23?,24+,25-/m1/s1. The molecule has 6 heteroatoms. The average molecular weight is 461 g/mol. The van der Waals surface area contributed by atoms with E-state index >= 15 is 0 Å². The van der Waals surface area contributed by atoms with Gasteiger partial charge in [0.25, 0.3) is 0 Å². The summed E-state index contributed by atoms with van der Waals surface area (Å²) in [4.78, 5) is 11.8. The lowest BCUT2D eigenvalue weighted by Crippen LogP contribution is -2.53. The van der Waals surface area contributed by atoms with Crippen molar-refractivity contribution in [2.45, 2.75) is 110 Å². The zero-order valence-electron chi connectivity index (χ0n) is 19.9. The molecule has 2 unspecified atom stereocenters. The molecule has 0 spiro atoms. The Morgan fingerprint density at radius 1 is 0.969 bits per heavy atom. The first kappa shape index (κ1) is 24.3. The molecular formula is C26H40F4O2. The molecule has 2 nitrogen and oxygen atoms in total. The molecule has 0 aromatic heterocycles. The van der Waals surface area contributed by atoms with Gasteiger partial charge in [0.1, 0.15) is 0 Å². The Balaban J connectivity index is 1.38. The molecule has 0 aliphatic heterocycles. The van der Waals surface area contributed by atoms with E-state index in [0.717, 1.165) is 30.1 Å². The van der Waals surface area contributed by atoms with Crippen LogP contribution in [-0.2, 0) is 9.53 Å². The van der Waals surface area contributed by atoms with Gasteiger partial charge in [-0.25, -0.2) is 0 Å². The van der Waals surface area contributed by atoms with Gasteiger partial charge in [-0.15, -0.1) is 0 Å². The van der Waals surface area contributed by atoms with Crippen LogP contribution in [0, 0.1) is 46.3 Å². The predicted octanol–water partition coefficient (Wildman–Crippen LogP) is 7.85. The second-order valence-electron chi connectivity index (χ2n) is 12.0. The van der Waals surface area contributed by atoms with Crippen molar-refractivity contribution in [1.82, 2.24) is 0 Å². The largest absolute Gasteiger partial charge is 0.457 e. The van der Waals surface area contributed by atoms with Gasteiger partial charge < -0.3 is 4.74 Å². The van der Waals surface area contributed by atoms with Crippen molar-refractivity contribution in [1.29, 1.82) is 0 Å². The van der Waals surface area contributed by atoms with Gasteiger partial charge in [-0.1, -0.05) is 33.6 Å². The van der Waals surface area contributed by atoms with Crippen LogP contribution in [0.2, 0.25) is 0 Å². The van der Waals surface area contributed by atoms with Crippen molar-refractivity contribution in [3.8, 4) is 0 Å². The third-order valence-corrected chi connectivity index (χ3v) is 10.6. The smallest absolute Gasteiger partial charge is 0.421 e. The summed E-state index contributed by atoms with van der Waals surface area (Å²) in [5.74, 6) is 2.87. The molecule has 0 bridgehead atoms. The van der Waals surface area contributed by atoms with Crippen LogP contribution in [0.5, 0.6) is 0 Å². The first-order chi connectivity index (χ1) is 15.0. The second-order valence-corrected chi connectivity index (χ2v) is 12.0. The van der Waals surface area contributed by atoms with Crippen LogP contribution in [0.25, 0.3) is 0 Å². The molecule has 184 valence electrons. The van der Waals surface area contributed by atoms with E-state index in [9.17, 15) is 22.4 Å². The Bertz CT molecular complexity index is 694. The molecule has 4 aliphatic rings. The summed E-state index contributed by atoms with van der Waals surface area (Å²) in [5.41, 5.74) is 0.758. The zero-order chi connectivity index (χ0) is 23.3. The topological polar surface area (TPSA) is 26.3 Å². The lowest BCUT2D eigenvalue weighted by Gasteiger charge is -2.61.